The molecule has 1 aliphatic rings. The molecule has 0 saturated carbocycles. The van der Waals surface area contributed by atoms with E-state index in [1.54, 1.807) is 20.8 Å². The second-order valence-electron chi connectivity index (χ2n) is 9.20. The Morgan fingerprint density at radius 3 is 2.41 bits per heavy atom. The lowest BCUT2D eigenvalue weighted by atomic mass is 9.96. The molecule has 7 heteroatoms. The summed E-state index contributed by atoms with van der Waals surface area (Å²) in [5.74, 6) is -1.16. The number of carbonyl (C=O) groups is 3. The second kappa shape index (κ2) is 10.7. The molecule has 0 fully saturated rings. The van der Waals surface area contributed by atoms with Crippen LogP contribution in [0.15, 0.2) is 42.5 Å². The van der Waals surface area contributed by atoms with E-state index in [4.69, 9.17) is 9.47 Å². The molecule has 0 saturated heterocycles. The number of fused-ring (bicyclic) bond motifs is 3. The number of nitrogens with one attached hydrogen (secondary N) is 2. The van der Waals surface area contributed by atoms with Gasteiger partial charge in [0.05, 0.1) is 6.61 Å². The summed E-state index contributed by atoms with van der Waals surface area (Å²) in [5.41, 5.74) is 4.51. The van der Waals surface area contributed by atoms with E-state index < -0.39 is 29.6 Å². The summed E-state index contributed by atoms with van der Waals surface area (Å²) >= 11 is 0. The van der Waals surface area contributed by atoms with Crippen LogP contribution < -0.4 is 10.6 Å². The van der Waals surface area contributed by atoms with Gasteiger partial charge in [-0.15, -0.1) is 0 Å². The maximum Gasteiger partial charge on any atom is 0.408 e. The first-order chi connectivity index (χ1) is 16.2. The van der Waals surface area contributed by atoms with Gasteiger partial charge in [-0.1, -0.05) is 62.7 Å². The minimum Gasteiger partial charge on any atom is -0.464 e. The maximum atomic E-state index is 13.0. The molecule has 2 amide bonds. The van der Waals surface area contributed by atoms with Gasteiger partial charge in [-0.25, -0.2) is 9.59 Å². The molecule has 3 rings (SSSR count). The monoisotopic (exact) mass is 466 g/mol. The summed E-state index contributed by atoms with van der Waals surface area (Å²) in [5, 5.41) is 5.39. The van der Waals surface area contributed by atoms with Gasteiger partial charge >= 0.3 is 12.1 Å². The molecule has 0 bridgehead atoms. The third-order valence-electron chi connectivity index (χ3n) is 6.30. The zero-order chi connectivity index (χ0) is 24.9. The SMILES string of the molecule is CCOC(=O)C(C)(C)NC(=O)C(NC(=O)OCc1cccc2c1Cc1ccccc1-2)C(C)CC. The van der Waals surface area contributed by atoms with Crippen molar-refractivity contribution in [2.24, 2.45) is 5.92 Å². The largest absolute Gasteiger partial charge is 0.464 e. The van der Waals surface area contributed by atoms with Gasteiger partial charge in [0.15, 0.2) is 0 Å². The molecule has 34 heavy (non-hydrogen) atoms. The Morgan fingerprint density at radius 2 is 1.71 bits per heavy atom. The fourth-order valence-corrected chi connectivity index (χ4v) is 4.12. The molecule has 2 aromatic rings. The molecule has 2 aromatic carbocycles. The van der Waals surface area contributed by atoms with E-state index in [0.717, 1.165) is 23.1 Å². The van der Waals surface area contributed by atoms with Crippen LogP contribution in [0, 0.1) is 5.92 Å². The van der Waals surface area contributed by atoms with Crippen LogP contribution in [0.5, 0.6) is 0 Å². The minimum absolute atomic E-state index is 0.103. The lowest BCUT2D eigenvalue weighted by molar-refractivity contribution is -0.152. The van der Waals surface area contributed by atoms with Gasteiger partial charge in [-0.3, -0.25) is 4.79 Å². The maximum absolute atomic E-state index is 13.0. The molecular formula is C27H34N2O5. The van der Waals surface area contributed by atoms with Crippen molar-refractivity contribution in [1.82, 2.24) is 10.6 Å². The Morgan fingerprint density at radius 1 is 1.00 bits per heavy atom. The number of rotatable bonds is 9. The summed E-state index contributed by atoms with van der Waals surface area (Å²) in [6, 6.07) is 13.4. The fourth-order valence-electron chi connectivity index (χ4n) is 4.12. The van der Waals surface area contributed by atoms with Gasteiger partial charge in [0.1, 0.15) is 18.2 Å². The molecule has 2 atom stereocenters. The Hall–Kier alpha value is -3.35. The summed E-state index contributed by atoms with van der Waals surface area (Å²) in [6.07, 6.45) is 0.776. The number of hydrogen-bond acceptors (Lipinski definition) is 5. The van der Waals surface area contributed by atoms with Crippen LogP contribution in [0.1, 0.15) is 57.7 Å². The van der Waals surface area contributed by atoms with E-state index in [0.29, 0.717) is 6.42 Å². The van der Waals surface area contributed by atoms with Crippen molar-refractivity contribution in [3.05, 3.63) is 59.2 Å². The summed E-state index contributed by atoms with van der Waals surface area (Å²) in [7, 11) is 0. The predicted octanol–water partition coefficient (Wildman–Crippen LogP) is 4.36. The average molecular weight is 467 g/mol. The number of benzene rings is 2. The standard InChI is InChI=1S/C27H34N2O5/c1-6-17(3)23(24(30)29-27(4,5)25(31)33-7-2)28-26(32)34-16-19-12-10-14-21-20-13-9-8-11-18(20)15-22(19)21/h8-14,17,23H,6-7,15-16H2,1-5H3,(H,28,32)(H,29,30). The Bertz CT molecular complexity index is 1060. The molecule has 1 aliphatic carbocycles. The molecule has 0 aromatic heterocycles. The van der Waals surface area contributed by atoms with Crippen LogP contribution in [0.25, 0.3) is 11.1 Å². The summed E-state index contributed by atoms with van der Waals surface area (Å²) in [6.45, 7) is 8.96. The van der Waals surface area contributed by atoms with Crippen LogP contribution in [-0.4, -0.2) is 36.2 Å². The minimum atomic E-state index is -1.22. The van der Waals surface area contributed by atoms with E-state index in [1.807, 2.05) is 38.1 Å². The first-order valence-electron chi connectivity index (χ1n) is 11.8. The first-order valence-corrected chi connectivity index (χ1v) is 11.8. The number of amides is 2. The summed E-state index contributed by atoms with van der Waals surface area (Å²) in [4.78, 5) is 37.8. The van der Waals surface area contributed by atoms with E-state index in [-0.39, 0.29) is 19.1 Å². The van der Waals surface area contributed by atoms with Gasteiger partial charge in [0.25, 0.3) is 0 Å². The van der Waals surface area contributed by atoms with Crippen molar-refractivity contribution in [2.75, 3.05) is 6.61 Å². The zero-order valence-electron chi connectivity index (χ0n) is 20.6. The quantitative estimate of drug-likeness (QED) is 0.457. The molecule has 0 aliphatic heterocycles. The number of esters is 1. The van der Waals surface area contributed by atoms with Crippen molar-refractivity contribution >= 4 is 18.0 Å². The lowest BCUT2D eigenvalue weighted by Crippen LogP contribution is -2.58. The fraction of sp³-hybridized carbons (Fsp3) is 0.444. The second-order valence-corrected chi connectivity index (χ2v) is 9.20. The van der Waals surface area contributed by atoms with Gasteiger partial charge < -0.3 is 20.1 Å². The highest BCUT2D eigenvalue weighted by Gasteiger charge is 2.35. The van der Waals surface area contributed by atoms with Crippen LogP contribution in [0.3, 0.4) is 0 Å². The zero-order valence-corrected chi connectivity index (χ0v) is 20.6. The Balaban J connectivity index is 1.65. The van der Waals surface area contributed by atoms with Crippen LogP contribution >= 0.6 is 0 Å². The molecule has 0 spiro atoms. The number of ether oxygens (including phenoxy) is 2. The number of alkyl carbamates (subject to hydrolysis) is 1. The third kappa shape index (κ3) is 5.58. The molecule has 2 unspecified atom stereocenters. The lowest BCUT2D eigenvalue weighted by Gasteiger charge is -2.29. The Kier molecular flexibility index (Phi) is 7.97. The predicted molar refractivity (Wildman–Crippen MR) is 130 cm³/mol. The Labute approximate surface area is 201 Å². The van der Waals surface area contributed by atoms with E-state index in [9.17, 15) is 14.4 Å². The van der Waals surface area contributed by atoms with Gasteiger partial charge in [0, 0.05) is 0 Å². The van der Waals surface area contributed by atoms with E-state index in [2.05, 4.69) is 28.8 Å². The van der Waals surface area contributed by atoms with Crippen LogP contribution in [0.4, 0.5) is 4.79 Å². The highest BCUT2D eigenvalue weighted by molar-refractivity contribution is 5.91. The van der Waals surface area contributed by atoms with Crippen molar-refractivity contribution < 1.29 is 23.9 Å². The highest BCUT2D eigenvalue weighted by atomic mass is 16.5. The molecular weight excluding hydrogens is 432 g/mol. The first kappa shape index (κ1) is 25.3. The van der Waals surface area contributed by atoms with Crippen molar-refractivity contribution in [2.45, 2.75) is 65.6 Å². The van der Waals surface area contributed by atoms with Crippen LogP contribution in [0.2, 0.25) is 0 Å². The van der Waals surface area contributed by atoms with Crippen molar-refractivity contribution in [1.29, 1.82) is 0 Å². The normalized spacial score (nSPS) is 13.8. The van der Waals surface area contributed by atoms with E-state index >= 15 is 0 Å². The smallest absolute Gasteiger partial charge is 0.408 e. The number of carbonyl (C=O) groups excluding carboxylic acids is 3. The van der Waals surface area contributed by atoms with Crippen molar-refractivity contribution in [3.63, 3.8) is 0 Å². The summed E-state index contributed by atoms with van der Waals surface area (Å²) < 4.78 is 10.6. The van der Waals surface area contributed by atoms with Gasteiger partial charge in [-0.2, -0.15) is 0 Å². The molecule has 0 radical (unpaired) electrons. The van der Waals surface area contributed by atoms with Gasteiger partial charge in [0.2, 0.25) is 5.91 Å². The average Bonchev–Trinajstić information content (AvgIpc) is 3.20. The topological polar surface area (TPSA) is 93.7 Å². The number of hydrogen-bond donors (Lipinski definition) is 2. The highest BCUT2D eigenvalue weighted by Crippen LogP contribution is 2.38. The van der Waals surface area contributed by atoms with Crippen molar-refractivity contribution in [3.8, 4) is 11.1 Å². The molecule has 182 valence electrons. The molecule has 7 nitrogen and oxygen atoms in total. The van der Waals surface area contributed by atoms with Gasteiger partial charge in [-0.05, 0) is 60.9 Å². The van der Waals surface area contributed by atoms with Crippen LogP contribution in [-0.2, 0) is 32.1 Å². The molecule has 2 N–H and O–H groups in total. The molecule has 0 heterocycles. The third-order valence-corrected chi connectivity index (χ3v) is 6.30. The van der Waals surface area contributed by atoms with E-state index in [1.165, 1.54) is 11.1 Å².